The number of pyridine rings is 1. The number of fused-ring (bicyclic) bond motifs is 1. The Balaban J connectivity index is 1.46. The summed E-state index contributed by atoms with van der Waals surface area (Å²) < 4.78 is 10.6. The molecule has 0 bridgehead atoms. The largest absolute Gasteiger partial charge is 0.454 e. The van der Waals surface area contributed by atoms with E-state index in [1.54, 1.807) is 12.1 Å². The first-order valence-electron chi connectivity index (χ1n) is 7.82. The zero-order valence-corrected chi connectivity index (χ0v) is 13.8. The number of hydrogen-bond acceptors (Lipinski definition) is 4. The minimum Gasteiger partial charge on any atom is -0.454 e. The lowest BCUT2D eigenvalue weighted by Gasteiger charge is -2.31. The van der Waals surface area contributed by atoms with Crippen LogP contribution in [-0.2, 0) is 0 Å². The fourth-order valence-corrected chi connectivity index (χ4v) is 3.27. The topological polar surface area (TPSA) is 56.2 Å². The van der Waals surface area contributed by atoms with Gasteiger partial charge in [-0.05, 0) is 18.2 Å². The van der Waals surface area contributed by atoms with E-state index in [2.05, 4.69) is 9.88 Å². The SMILES string of the molecule is O=C(c1cc(Cl)c2c(c1)OCO2)N1CCN(c2cccc[nH+]2)CC1. The van der Waals surface area contributed by atoms with Crippen LogP contribution >= 0.6 is 11.6 Å². The molecule has 6 nitrogen and oxygen atoms in total. The number of carbonyl (C=O) groups excluding carboxylic acids is 1. The molecule has 7 heteroatoms. The smallest absolute Gasteiger partial charge is 0.274 e. The van der Waals surface area contributed by atoms with Gasteiger partial charge >= 0.3 is 0 Å². The van der Waals surface area contributed by atoms with Gasteiger partial charge in [-0.15, -0.1) is 0 Å². The minimum absolute atomic E-state index is 0.0353. The summed E-state index contributed by atoms with van der Waals surface area (Å²) in [5.74, 6) is 2.07. The zero-order valence-electron chi connectivity index (χ0n) is 13.0. The second kappa shape index (κ2) is 6.20. The Hall–Kier alpha value is -2.47. The van der Waals surface area contributed by atoms with Crippen LogP contribution in [0.1, 0.15) is 10.4 Å². The molecular formula is C17H17ClN3O3+. The summed E-state index contributed by atoms with van der Waals surface area (Å²) in [5.41, 5.74) is 0.531. The molecule has 124 valence electrons. The maximum Gasteiger partial charge on any atom is 0.274 e. The second-order valence-corrected chi connectivity index (χ2v) is 6.13. The van der Waals surface area contributed by atoms with Gasteiger partial charge in [0.2, 0.25) is 6.79 Å². The molecule has 2 aliphatic heterocycles. The van der Waals surface area contributed by atoms with Gasteiger partial charge in [-0.25, -0.2) is 4.98 Å². The van der Waals surface area contributed by atoms with Gasteiger partial charge in [-0.2, -0.15) is 0 Å². The van der Waals surface area contributed by atoms with Gasteiger partial charge < -0.3 is 14.4 Å². The predicted molar refractivity (Wildman–Crippen MR) is 88.7 cm³/mol. The molecule has 0 atom stereocenters. The summed E-state index contributed by atoms with van der Waals surface area (Å²) in [6.07, 6.45) is 1.90. The van der Waals surface area contributed by atoms with Crippen LogP contribution in [0.2, 0.25) is 5.02 Å². The number of carbonyl (C=O) groups is 1. The van der Waals surface area contributed by atoms with E-state index in [1.165, 1.54) is 0 Å². The van der Waals surface area contributed by atoms with Crippen molar-refractivity contribution in [2.24, 2.45) is 0 Å². The van der Waals surface area contributed by atoms with Crippen LogP contribution in [0.4, 0.5) is 5.82 Å². The van der Waals surface area contributed by atoms with Gasteiger partial charge in [0.25, 0.3) is 11.7 Å². The lowest BCUT2D eigenvalue weighted by molar-refractivity contribution is -0.364. The highest BCUT2D eigenvalue weighted by Gasteiger charge is 2.28. The number of amides is 1. The summed E-state index contributed by atoms with van der Waals surface area (Å²) in [6.45, 7) is 3.02. The van der Waals surface area contributed by atoms with E-state index in [0.29, 0.717) is 35.2 Å². The summed E-state index contributed by atoms with van der Waals surface area (Å²) in [6, 6.07) is 9.34. The third-order valence-corrected chi connectivity index (χ3v) is 4.56. The Labute approximate surface area is 144 Å². The number of rotatable bonds is 2. The molecule has 1 aromatic heterocycles. The summed E-state index contributed by atoms with van der Waals surface area (Å²) >= 11 is 6.17. The average molecular weight is 347 g/mol. The highest BCUT2D eigenvalue weighted by Crippen LogP contribution is 2.40. The van der Waals surface area contributed by atoms with Crippen LogP contribution in [0.5, 0.6) is 11.5 Å². The van der Waals surface area contributed by atoms with Crippen LogP contribution in [-0.4, -0.2) is 43.8 Å². The van der Waals surface area contributed by atoms with Crippen molar-refractivity contribution in [3.63, 3.8) is 0 Å². The first-order valence-corrected chi connectivity index (χ1v) is 8.20. The normalized spacial score (nSPS) is 16.4. The number of aromatic nitrogens is 1. The van der Waals surface area contributed by atoms with E-state index in [-0.39, 0.29) is 12.7 Å². The maximum absolute atomic E-state index is 12.7. The molecule has 1 amide bonds. The molecule has 4 rings (SSSR count). The first-order chi connectivity index (χ1) is 11.7. The van der Waals surface area contributed by atoms with Crippen molar-refractivity contribution in [2.75, 3.05) is 37.9 Å². The van der Waals surface area contributed by atoms with Gasteiger partial charge in [-0.1, -0.05) is 17.7 Å². The molecule has 3 heterocycles. The molecule has 0 radical (unpaired) electrons. The first kappa shape index (κ1) is 15.1. The van der Waals surface area contributed by atoms with Gasteiger partial charge in [0.1, 0.15) is 13.1 Å². The Morgan fingerprint density at radius 2 is 1.96 bits per heavy atom. The third-order valence-electron chi connectivity index (χ3n) is 4.27. The molecule has 0 spiro atoms. The van der Waals surface area contributed by atoms with E-state index in [9.17, 15) is 4.79 Å². The van der Waals surface area contributed by atoms with E-state index < -0.39 is 0 Å². The molecule has 1 N–H and O–H groups in total. The molecule has 2 aliphatic rings. The summed E-state index contributed by atoms with van der Waals surface area (Å²) in [4.78, 5) is 20.0. The van der Waals surface area contributed by atoms with Crippen molar-refractivity contribution >= 4 is 23.3 Å². The number of halogens is 1. The molecular weight excluding hydrogens is 330 g/mol. The van der Waals surface area contributed by atoms with E-state index in [4.69, 9.17) is 21.1 Å². The molecule has 0 unspecified atom stereocenters. The second-order valence-electron chi connectivity index (χ2n) is 5.72. The molecule has 2 aromatic rings. The zero-order chi connectivity index (χ0) is 16.5. The number of piperazine rings is 1. The lowest BCUT2D eigenvalue weighted by atomic mass is 10.1. The van der Waals surface area contributed by atoms with Crippen molar-refractivity contribution in [3.05, 3.63) is 47.1 Å². The fourth-order valence-electron chi connectivity index (χ4n) is 3.00. The van der Waals surface area contributed by atoms with E-state index >= 15 is 0 Å². The molecule has 0 saturated carbocycles. The van der Waals surface area contributed by atoms with Crippen LogP contribution in [0.3, 0.4) is 0 Å². The molecule has 1 saturated heterocycles. The van der Waals surface area contributed by atoms with Gasteiger partial charge in [0.15, 0.2) is 11.5 Å². The lowest BCUT2D eigenvalue weighted by Crippen LogP contribution is -2.50. The molecule has 0 aliphatic carbocycles. The molecule has 1 fully saturated rings. The van der Waals surface area contributed by atoms with Crippen LogP contribution in [0.25, 0.3) is 0 Å². The standard InChI is InChI=1S/C17H16ClN3O3/c18-13-9-12(10-14-16(13)24-11-23-14)17(22)21-7-5-20(6-8-21)15-3-1-2-4-19-15/h1-4,9-10H,5-8,11H2/p+1. The quantitative estimate of drug-likeness (QED) is 0.832. The van der Waals surface area contributed by atoms with E-state index in [1.807, 2.05) is 29.3 Å². The predicted octanol–water partition coefficient (Wildman–Crippen LogP) is 1.85. The Morgan fingerprint density at radius 1 is 1.12 bits per heavy atom. The van der Waals surface area contributed by atoms with E-state index in [0.717, 1.165) is 18.9 Å². The van der Waals surface area contributed by atoms with Crippen LogP contribution < -0.4 is 19.4 Å². The van der Waals surface area contributed by atoms with Crippen molar-refractivity contribution < 1.29 is 19.3 Å². The van der Waals surface area contributed by atoms with Gasteiger partial charge in [0.05, 0.1) is 24.3 Å². The maximum atomic E-state index is 12.7. The van der Waals surface area contributed by atoms with Gasteiger partial charge in [-0.3, -0.25) is 9.69 Å². The number of nitrogens with one attached hydrogen (secondary N) is 1. The van der Waals surface area contributed by atoms with Gasteiger partial charge in [0, 0.05) is 11.6 Å². The Bertz CT molecular complexity index is 761. The van der Waals surface area contributed by atoms with Crippen LogP contribution in [0.15, 0.2) is 36.5 Å². The summed E-state index contributed by atoms with van der Waals surface area (Å²) in [5, 5.41) is 0.408. The number of aromatic amines is 1. The number of anilines is 1. The third kappa shape index (κ3) is 2.73. The average Bonchev–Trinajstić information content (AvgIpc) is 3.11. The summed E-state index contributed by atoms with van der Waals surface area (Å²) in [7, 11) is 0. The molecule has 24 heavy (non-hydrogen) atoms. The number of hydrogen-bond donors (Lipinski definition) is 0. The Morgan fingerprint density at radius 3 is 2.71 bits per heavy atom. The number of ether oxygens (including phenoxy) is 2. The number of benzene rings is 1. The number of nitrogens with zero attached hydrogens (tertiary/aromatic N) is 2. The fraction of sp³-hybridized carbons (Fsp3) is 0.294. The highest BCUT2D eigenvalue weighted by molar-refractivity contribution is 6.32. The monoisotopic (exact) mass is 346 g/mol. The van der Waals surface area contributed by atoms with Crippen molar-refractivity contribution in [1.29, 1.82) is 0 Å². The van der Waals surface area contributed by atoms with Crippen molar-refractivity contribution in [3.8, 4) is 11.5 Å². The van der Waals surface area contributed by atoms with Crippen molar-refractivity contribution in [1.82, 2.24) is 4.90 Å². The highest BCUT2D eigenvalue weighted by atomic mass is 35.5. The van der Waals surface area contributed by atoms with Crippen LogP contribution in [0, 0.1) is 0 Å². The van der Waals surface area contributed by atoms with Crippen molar-refractivity contribution in [2.45, 2.75) is 0 Å². The molecule has 1 aromatic carbocycles. The number of H-pyrrole nitrogens is 1. The minimum atomic E-state index is -0.0353. The Kier molecular flexibility index (Phi) is 3.90.